The first-order valence-electron chi connectivity index (χ1n) is 4.54. The van der Waals surface area contributed by atoms with E-state index >= 15 is 0 Å². The van der Waals surface area contributed by atoms with Crippen LogP contribution in [0.5, 0.6) is 0 Å². The summed E-state index contributed by atoms with van der Waals surface area (Å²) < 4.78 is 5.02. The Balaban J connectivity index is 2.06. The fourth-order valence-electron chi connectivity index (χ4n) is 2.19. The second-order valence-electron chi connectivity index (χ2n) is 3.63. The van der Waals surface area contributed by atoms with Crippen LogP contribution in [0.25, 0.3) is 0 Å². The van der Waals surface area contributed by atoms with Gasteiger partial charge in [-0.25, -0.2) is 0 Å². The quantitative estimate of drug-likeness (QED) is 0.497. The third-order valence-electron chi connectivity index (χ3n) is 2.90. The molecular weight excluding hydrogens is 140 g/mol. The van der Waals surface area contributed by atoms with Crippen molar-refractivity contribution in [1.29, 1.82) is 0 Å². The van der Waals surface area contributed by atoms with E-state index in [-0.39, 0.29) is 11.9 Å². The minimum Gasteiger partial charge on any atom is -0.465 e. The fraction of sp³-hybridized carbons (Fsp3) is 0.889. The zero-order valence-electron chi connectivity index (χ0n) is 6.71. The second kappa shape index (κ2) is 2.84. The lowest BCUT2D eigenvalue weighted by molar-refractivity contribution is -0.141. The molecule has 1 saturated carbocycles. The molecule has 0 spiro atoms. The van der Waals surface area contributed by atoms with E-state index in [1.165, 1.54) is 25.7 Å². The Hall–Kier alpha value is -0.530. The number of esters is 1. The molecule has 2 heteroatoms. The van der Waals surface area contributed by atoms with Gasteiger partial charge in [0.15, 0.2) is 0 Å². The van der Waals surface area contributed by atoms with Crippen LogP contribution in [0.4, 0.5) is 0 Å². The molecule has 2 rings (SSSR count). The van der Waals surface area contributed by atoms with Crippen molar-refractivity contribution < 1.29 is 9.53 Å². The molecule has 0 aromatic rings. The molecule has 1 aliphatic heterocycles. The number of carbonyl (C=O) groups excluding carboxylic acids is 1. The molecule has 1 aliphatic carbocycles. The van der Waals surface area contributed by atoms with Crippen LogP contribution in [0.3, 0.4) is 0 Å². The molecule has 0 aromatic heterocycles. The van der Waals surface area contributed by atoms with Gasteiger partial charge in [0.2, 0.25) is 0 Å². The highest BCUT2D eigenvalue weighted by molar-refractivity contribution is 5.74. The zero-order chi connectivity index (χ0) is 7.68. The van der Waals surface area contributed by atoms with Gasteiger partial charge >= 0.3 is 5.97 Å². The number of ether oxygens (including phenoxy) is 1. The summed E-state index contributed by atoms with van der Waals surface area (Å²) >= 11 is 0. The fourth-order valence-corrected chi connectivity index (χ4v) is 2.19. The summed E-state index contributed by atoms with van der Waals surface area (Å²) in [5, 5.41) is 0. The Bertz CT molecular complexity index is 165. The lowest BCUT2D eigenvalue weighted by atomic mass is 9.91. The van der Waals surface area contributed by atoms with Gasteiger partial charge in [-0.2, -0.15) is 0 Å². The van der Waals surface area contributed by atoms with Crippen LogP contribution in [0, 0.1) is 11.8 Å². The molecular formula is C9H14O2. The van der Waals surface area contributed by atoms with Gasteiger partial charge in [0.1, 0.15) is 0 Å². The maximum Gasteiger partial charge on any atom is 0.309 e. The highest BCUT2D eigenvalue weighted by atomic mass is 16.5. The molecule has 2 atom stereocenters. The third-order valence-corrected chi connectivity index (χ3v) is 2.90. The standard InChI is InChI=1S/C9H14O2/c10-9-8-5-3-1-2-4-7(8)6-11-9/h7-8H,1-6H2/t7-,8-/m1/s1. The number of rotatable bonds is 0. The molecule has 1 heterocycles. The van der Waals surface area contributed by atoms with E-state index < -0.39 is 0 Å². The number of carbonyl (C=O) groups is 1. The summed E-state index contributed by atoms with van der Waals surface area (Å²) in [7, 11) is 0. The Morgan fingerprint density at radius 1 is 1.18 bits per heavy atom. The van der Waals surface area contributed by atoms with Crippen LogP contribution in [0.2, 0.25) is 0 Å². The topological polar surface area (TPSA) is 26.3 Å². The van der Waals surface area contributed by atoms with E-state index in [0.717, 1.165) is 6.42 Å². The Kier molecular flexibility index (Phi) is 1.84. The number of fused-ring (bicyclic) bond motifs is 1. The summed E-state index contributed by atoms with van der Waals surface area (Å²) in [6, 6.07) is 0. The van der Waals surface area contributed by atoms with Crippen molar-refractivity contribution in [3.8, 4) is 0 Å². The van der Waals surface area contributed by atoms with Gasteiger partial charge in [0.05, 0.1) is 12.5 Å². The number of hydrogen-bond donors (Lipinski definition) is 0. The second-order valence-corrected chi connectivity index (χ2v) is 3.63. The monoisotopic (exact) mass is 154 g/mol. The Morgan fingerprint density at radius 3 is 2.91 bits per heavy atom. The van der Waals surface area contributed by atoms with Gasteiger partial charge in [0.25, 0.3) is 0 Å². The molecule has 0 unspecified atom stereocenters. The van der Waals surface area contributed by atoms with Crippen molar-refractivity contribution >= 4 is 5.97 Å². The van der Waals surface area contributed by atoms with Gasteiger partial charge in [-0.1, -0.05) is 19.3 Å². The van der Waals surface area contributed by atoms with Crippen LogP contribution in [-0.2, 0) is 9.53 Å². The van der Waals surface area contributed by atoms with Crippen molar-refractivity contribution in [3.05, 3.63) is 0 Å². The van der Waals surface area contributed by atoms with Crippen LogP contribution >= 0.6 is 0 Å². The summed E-state index contributed by atoms with van der Waals surface area (Å²) in [4.78, 5) is 11.1. The summed E-state index contributed by atoms with van der Waals surface area (Å²) in [6.07, 6.45) is 6.09. The number of hydrogen-bond acceptors (Lipinski definition) is 2. The molecule has 62 valence electrons. The lowest BCUT2D eigenvalue weighted by Crippen LogP contribution is -2.13. The van der Waals surface area contributed by atoms with E-state index in [4.69, 9.17) is 4.74 Å². The first kappa shape index (κ1) is 7.14. The van der Waals surface area contributed by atoms with E-state index in [1.54, 1.807) is 0 Å². The predicted octanol–water partition coefficient (Wildman–Crippen LogP) is 1.74. The average Bonchev–Trinajstić information content (AvgIpc) is 2.25. The van der Waals surface area contributed by atoms with Crippen LogP contribution in [-0.4, -0.2) is 12.6 Å². The molecule has 2 nitrogen and oxygen atoms in total. The first-order valence-corrected chi connectivity index (χ1v) is 4.54. The summed E-state index contributed by atoms with van der Waals surface area (Å²) in [6.45, 7) is 0.698. The maximum atomic E-state index is 11.1. The number of cyclic esters (lactones) is 1. The zero-order valence-corrected chi connectivity index (χ0v) is 6.71. The van der Waals surface area contributed by atoms with Crippen LogP contribution in [0.1, 0.15) is 32.1 Å². The molecule has 1 saturated heterocycles. The summed E-state index contributed by atoms with van der Waals surface area (Å²) in [5.74, 6) is 0.888. The molecule has 0 aromatic carbocycles. The minimum absolute atomic E-state index is 0.0666. The molecule has 0 N–H and O–H groups in total. The summed E-state index contributed by atoms with van der Waals surface area (Å²) in [5.41, 5.74) is 0. The minimum atomic E-state index is 0.0666. The largest absolute Gasteiger partial charge is 0.465 e. The Morgan fingerprint density at radius 2 is 2.00 bits per heavy atom. The maximum absolute atomic E-state index is 11.1. The van der Waals surface area contributed by atoms with Gasteiger partial charge < -0.3 is 4.74 Å². The SMILES string of the molecule is O=C1OC[C@H]2CCCCC[C@@H]12. The van der Waals surface area contributed by atoms with Gasteiger partial charge in [0, 0.05) is 5.92 Å². The van der Waals surface area contributed by atoms with Crippen LogP contribution in [0.15, 0.2) is 0 Å². The lowest BCUT2D eigenvalue weighted by Gasteiger charge is -2.08. The normalized spacial score (nSPS) is 37.6. The first-order chi connectivity index (χ1) is 5.38. The average molecular weight is 154 g/mol. The molecule has 11 heavy (non-hydrogen) atoms. The predicted molar refractivity (Wildman–Crippen MR) is 41.0 cm³/mol. The third kappa shape index (κ3) is 1.26. The molecule has 0 bridgehead atoms. The highest BCUT2D eigenvalue weighted by Gasteiger charge is 2.36. The molecule has 2 aliphatic rings. The molecule has 0 amide bonds. The van der Waals surface area contributed by atoms with E-state index in [9.17, 15) is 4.79 Å². The van der Waals surface area contributed by atoms with E-state index in [0.29, 0.717) is 12.5 Å². The van der Waals surface area contributed by atoms with Gasteiger partial charge in [-0.05, 0) is 12.8 Å². The van der Waals surface area contributed by atoms with E-state index in [2.05, 4.69) is 0 Å². The van der Waals surface area contributed by atoms with Crippen molar-refractivity contribution in [2.45, 2.75) is 32.1 Å². The van der Waals surface area contributed by atoms with Crippen molar-refractivity contribution in [2.75, 3.05) is 6.61 Å². The van der Waals surface area contributed by atoms with Gasteiger partial charge in [-0.15, -0.1) is 0 Å². The Labute approximate surface area is 66.9 Å². The molecule has 0 radical (unpaired) electrons. The van der Waals surface area contributed by atoms with Gasteiger partial charge in [-0.3, -0.25) is 4.79 Å². The highest BCUT2D eigenvalue weighted by Crippen LogP contribution is 2.34. The van der Waals surface area contributed by atoms with Crippen molar-refractivity contribution in [1.82, 2.24) is 0 Å². The van der Waals surface area contributed by atoms with Crippen LogP contribution < -0.4 is 0 Å². The van der Waals surface area contributed by atoms with Crippen molar-refractivity contribution in [2.24, 2.45) is 11.8 Å². The van der Waals surface area contributed by atoms with E-state index in [1.807, 2.05) is 0 Å². The molecule has 2 fully saturated rings. The van der Waals surface area contributed by atoms with Crippen molar-refractivity contribution in [3.63, 3.8) is 0 Å². The smallest absolute Gasteiger partial charge is 0.309 e.